The molecule has 0 aliphatic carbocycles. The fourth-order valence-electron chi connectivity index (χ4n) is 1.98. The van der Waals surface area contributed by atoms with E-state index in [-0.39, 0.29) is 0 Å². The predicted molar refractivity (Wildman–Crippen MR) is 98.2 cm³/mol. The molecule has 0 bridgehead atoms. The predicted octanol–water partition coefficient (Wildman–Crippen LogP) is 3.14. The van der Waals surface area contributed by atoms with E-state index >= 15 is 0 Å². The Hall–Kier alpha value is -2.86. The summed E-state index contributed by atoms with van der Waals surface area (Å²) in [6, 6.07) is 12.1. The summed E-state index contributed by atoms with van der Waals surface area (Å²) in [5, 5.41) is 6.83. The van der Waals surface area contributed by atoms with Crippen molar-refractivity contribution < 1.29 is 14.3 Å². The molecule has 7 heteroatoms. The molecule has 6 nitrogen and oxygen atoms in total. The van der Waals surface area contributed by atoms with Crippen LogP contribution in [0, 0.1) is 6.92 Å². The lowest BCUT2D eigenvalue weighted by molar-refractivity contribution is -0.136. The number of amides is 2. The second-order valence-corrected chi connectivity index (χ2v) is 5.55. The van der Waals surface area contributed by atoms with Gasteiger partial charge in [-0.15, -0.1) is 0 Å². The first-order valence-corrected chi connectivity index (χ1v) is 8.00. The molecule has 130 valence electrons. The van der Waals surface area contributed by atoms with Crippen molar-refractivity contribution in [2.45, 2.75) is 13.8 Å². The topological polar surface area (TPSA) is 79.8 Å². The van der Waals surface area contributed by atoms with E-state index in [1.807, 2.05) is 6.92 Å². The van der Waals surface area contributed by atoms with E-state index in [1.54, 1.807) is 49.4 Å². The van der Waals surface area contributed by atoms with E-state index in [0.29, 0.717) is 17.3 Å². The molecular formula is C18H18ClN3O3. The molecule has 2 amide bonds. The molecule has 2 aromatic rings. The van der Waals surface area contributed by atoms with Gasteiger partial charge in [-0.1, -0.05) is 11.6 Å². The highest BCUT2D eigenvalue weighted by Gasteiger charge is 2.13. The van der Waals surface area contributed by atoms with Crippen molar-refractivity contribution in [3.8, 4) is 5.75 Å². The van der Waals surface area contributed by atoms with Gasteiger partial charge in [0, 0.05) is 10.7 Å². The summed E-state index contributed by atoms with van der Waals surface area (Å²) in [7, 11) is 0. The SMILES string of the molecule is CCOc1ccc(/C=N\NC(=O)C(=O)Nc2ccc(Cl)cc2C)cc1. The molecule has 0 atom stereocenters. The van der Waals surface area contributed by atoms with Crippen LogP contribution in [0.1, 0.15) is 18.1 Å². The van der Waals surface area contributed by atoms with Crippen molar-refractivity contribution in [1.29, 1.82) is 0 Å². The van der Waals surface area contributed by atoms with E-state index in [1.165, 1.54) is 6.21 Å². The molecule has 0 saturated carbocycles. The summed E-state index contributed by atoms with van der Waals surface area (Å²) < 4.78 is 5.33. The summed E-state index contributed by atoms with van der Waals surface area (Å²) in [5.74, 6) is -0.924. The number of hydrogen-bond donors (Lipinski definition) is 2. The molecule has 0 aliphatic rings. The van der Waals surface area contributed by atoms with Crippen molar-refractivity contribution in [3.05, 3.63) is 58.6 Å². The fraction of sp³-hybridized carbons (Fsp3) is 0.167. The molecule has 0 saturated heterocycles. The van der Waals surface area contributed by atoms with E-state index in [9.17, 15) is 9.59 Å². The Bertz CT molecular complexity index is 789. The highest BCUT2D eigenvalue weighted by Crippen LogP contribution is 2.19. The van der Waals surface area contributed by atoms with Gasteiger partial charge in [0.1, 0.15) is 5.75 Å². The Morgan fingerprint density at radius 3 is 2.52 bits per heavy atom. The molecule has 0 fully saturated rings. The van der Waals surface area contributed by atoms with Crippen LogP contribution in [0.5, 0.6) is 5.75 Å². The van der Waals surface area contributed by atoms with Gasteiger partial charge in [0.15, 0.2) is 0 Å². The van der Waals surface area contributed by atoms with Crippen LogP contribution < -0.4 is 15.5 Å². The minimum Gasteiger partial charge on any atom is -0.494 e. The molecule has 0 unspecified atom stereocenters. The molecule has 0 aromatic heterocycles. The monoisotopic (exact) mass is 359 g/mol. The van der Waals surface area contributed by atoms with E-state index in [4.69, 9.17) is 16.3 Å². The second-order valence-electron chi connectivity index (χ2n) is 5.11. The van der Waals surface area contributed by atoms with Crippen LogP contribution in [0.3, 0.4) is 0 Å². The lowest BCUT2D eigenvalue weighted by Gasteiger charge is -2.07. The number of rotatable bonds is 5. The number of anilines is 1. The van der Waals surface area contributed by atoms with Crippen molar-refractivity contribution in [2.75, 3.05) is 11.9 Å². The van der Waals surface area contributed by atoms with Crippen molar-refractivity contribution in [1.82, 2.24) is 5.43 Å². The number of nitrogens with zero attached hydrogens (tertiary/aromatic N) is 1. The molecular weight excluding hydrogens is 342 g/mol. The van der Waals surface area contributed by atoms with Gasteiger partial charge in [0.2, 0.25) is 0 Å². The maximum Gasteiger partial charge on any atom is 0.329 e. The first-order valence-electron chi connectivity index (χ1n) is 7.63. The summed E-state index contributed by atoms with van der Waals surface area (Å²) >= 11 is 5.85. The van der Waals surface area contributed by atoms with E-state index < -0.39 is 11.8 Å². The van der Waals surface area contributed by atoms with Gasteiger partial charge in [-0.3, -0.25) is 9.59 Å². The van der Waals surface area contributed by atoms with Crippen LogP contribution in [0.15, 0.2) is 47.6 Å². The number of benzene rings is 2. The van der Waals surface area contributed by atoms with Crippen LogP contribution in [0.25, 0.3) is 0 Å². The van der Waals surface area contributed by atoms with Crippen LogP contribution in [-0.2, 0) is 9.59 Å². The minimum atomic E-state index is -0.864. The van der Waals surface area contributed by atoms with Gasteiger partial charge < -0.3 is 10.1 Å². The molecule has 0 spiro atoms. The summed E-state index contributed by atoms with van der Waals surface area (Å²) in [5.41, 5.74) is 4.21. The molecule has 2 N–H and O–H groups in total. The average Bonchev–Trinajstić information content (AvgIpc) is 2.59. The molecule has 0 aliphatic heterocycles. The first-order chi connectivity index (χ1) is 12.0. The Kier molecular flexibility index (Phi) is 6.54. The van der Waals surface area contributed by atoms with Gasteiger partial charge >= 0.3 is 11.8 Å². The van der Waals surface area contributed by atoms with Crippen molar-refractivity contribution in [2.24, 2.45) is 5.10 Å². The fourth-order valence-corrected chi connectivity index (χ4v) is 2.21. The van der Waals surface area contributed by atoms with Gasteiger partial charge in [-0.25, -0.2) is 5.43 Å². The quantitative estimate of drug-likeness (QED) is 0.489. The lowest BCUT2D eigenvalue weighted by atomic mass is 10.2. The van der Waals surface area contributed by atoms with Gasteiger partial charge in [-0.05, 0) is 67.4 Å². The summed E-state index contributed by atoms with van der Waals surface area (Å²) in [4.78, 5) is 23.6. The van der Waals surface area contributed by atoms with E-state index in [0.717, 1.165) is 16.9 Å². The van der Waals surface area contributed by atoms with Crippen LogP contribution in [-0.4, -0.2) is 24.6 Å². The number of carbonyl (C=O) groups excluding carboxylic acids is 2. The number of hydrogen-bond acceptors (Lipinski definition) is 4. The number of nitrogens with one attached hydrogen (secondary N) is 2. The number of carbonyl (C=O) groups is 2. The van der Waals surface area contributed by atoms with E-state index in [2.05, 4.69) is 15.8 Å². The normalized spacial score (nSPS) is 10.5. The Morgan fingerprint density at radius 2 is 1.88 bits per heavy atom. The third kappa shape index (κ3) is 5.61. The number of hydrazone groups is 1. The van der Waals surface area contributed by atoms with Crippen LogP contribution in [0.4, 0.5) is 5.69 Å². The average molecular weight is 360 g/mol. The molecule has 0 radical (unpaired) electrons. The zero-order valence-electron chi connectivity index (χ0n) is 13.9. The Balaban J connectivity index is 1.89. The highest BCUT2D eigenvalue weighted by molar-refractivity contribution is 6.39. The first kappa shape index (κ1) is 18.5. The Labute approximate surface area is 150 Å². The number of aryl methyl sites for hydroxylation is 1. The Morgan fingerprint density at radius 1 is 1.16 bits per heavy atom. The molecule has 2 rings (SSSR count). The van der Waals surface area contributed by atoms with Gasteiger partial charge in [0.05, 0.1) is 12.8 Å². The van der Waals surface area contributed by atoms with Crippen molar-refractivity contribution >= 4 is 35.3 Å². The van der Waals surface area contributed by atoms with Crippen molar-refractivity contribution in [3.63, 3.8) is 0 Å². The number of halogens is 1. The maximum absolute atomic E-state index is 11.9. The molecule has 0 heterocycles. The van der Waals surface area contributed by atoms with Crippen LogP contribution >= 0.6 is 11.6 Å². The lowest BCUT2D eigenvalue weighted by Crippen LogP contribution is -2.32. The smallest absolute Gasteiger partial charge is 0.329 e. The summed E-state index contributed by atoms with van der Waals surface area (Å²) in [6.45, 7) is 4.27. The zero-order valence-corrected chi connectivity index (χ0v) is 14.6. The second kappa shape index (κ2) is 8.84. The number of ether oxygens (including phenoxy) is 1. The molecule has 2 aromatic carbocycles. The minimum absolute atomic E-state index is 0.514. The van der Waals surface area contributed by atoms with Crippen LogP contribution in [0.2, 0.25) is 5.02 Å². The summed E-state index contributed by atoms with van der Waals surface area (Å²) in [6.07, 6.45) is 1.44. The highest BCUT2D eigenvalue weighted by atomic mass is 35.5. The molecule has 25 heavy (non-hydrogen) atoms. The third-order valence-corrected chi connectivity index (χ3v) is 3.45. The van der Waals surface area contributed by atoms with Gasteiger partial charge in [0.25, 0.3) is 0 Å². The standard InChI is InChI=1S/C18H18ClN3O3/c1-3-25-15-7-4-13(5-8-15)11-20-22-18(24)17(23)21-16-9-6-14(19)10-12(16)2/h4-11H,3H2,1-2H3,(H,21,23)(H,22,24)/b20-11-. The maximum atomic E-state index is 11.9. The zero-order chi connectivity index (χ0) is 18.2. The third-order valence-electron chi connectivity index (χ3n) is 3.21. The van der Waals surface area contributed by atoms with Gasteiger partial charge in [-0.2, -0.15) is 5.10 Å². The largest absolute Gasteiger partial charge is 0.494 e.